The van der Waals surface area contributed by atoms with E-state index in [4.69, 9.17) is 0 Å². The first-order valence-electron chi connectivity index (χ1n) is 5.49. The van der Waals surface area contributed by atoms with Crippen molar-refractivity contribution in [1.82, 2.24) is 19.5 Å². The third-order valence-corrected chi connectivity index (χ3v) is 2.78. The summed E-state index contributed by atoms with van der Waals surface area (Å²) in [6, 6.07) is 0. The van der Waals surface area contributed by atoms with Crippen molar-refractivity contribution in [2.75, 3.05) is 5.75 Å². The largest absolute Gasteiger partial charge is 0.390 e. The molecule has 0 saturated heterocycles. The summed E-state index contributed by atoms with van der Waals surface area (Å²) in [5.41, 5.74) is 0.480. The molecule has 0 amide bonds. The first kappa shape index (κ1) is 13.0. The first-order chi connectivity index (χ1) is 8.72. The summed E-state index contributed by atoms with van der Waals surface area (Å²) >= 11 is 4.01. The molecule has 18 heavy (non-hydrogen) atoms. The van der Waals surface area contributed by atoms with Crippen LogP contribution in [0.4, 0.5) is 0 Å². The van der Waals surface area contributed by atoms with E-state index in [0.29, 0.717) is 23.7 Å². The molecule has 0 bridgehead atoms. The van der Waals surface area contributed by atoms with Crippen molar-refractivity contribution in [3.8, 4) is 5.95 Å². The van der Waals surface area contributed by atoms with Crippen molar-refractivity contribution < 1.29 is 10.2 Å². The number of thiol groups is 1. The van der Waals surface area contributed by atoms with Crippen LogP contribution in [0.25, 0.3) is 5.95 Å². The van der Waals surface area contributed by atoms with Gasteiger partial charge in [0.25, 0.3) is 0 Å². The van der Waals surface area contributed by atoms with E-state index in [0.717, 1.165) is 0 Å². The van der Waals surface area contributed by atoms with E-state index in [1.807, 2.05) is 0 Å². The number of rotatable bonds is 5. The molecule has 2 atom stereocenters. The Balaban J connectivity index is 2.12. The highest BCUT2D eigenvalue weighted by atomic mass is 32.1. The highest BCUT2D eigenvalue weighted by Crippen LogP contribution is 2.18. The standard InChI is InChI=1S/C11H14N4O2S/c16-9(1-4-18)10(17)8-5-13-11(14-6-8)15-3-2-12-7-15/h2-3,5-7,9-10,16-18H,1,4H2. The lowest BCUT2D eigenvalue weighted by molar-refractivity contribution is 0.0168. The summed E-state index contributed by atoms with van der Waals surface area (Å²) in [5.74, 6) is 0.971. The van der Waals surface area contributed by atoms with Gasteiger partial charge in [-0.15, -0.1) is 0 Å². The second-order valence-corrected chi connectivity index (χ2v) is 4.26. The highest BCUT2D eigenvalue weighted by Gasteiger charge is 2.18. The second-order valence-electron chi connectivity index (χ2n) is 3.81. The van der Waals surface area contributed by atoms with Crippen molar-refractivity contribution in [2.24, 2.45) is 0 Å². The topological polar surface area (TPSA) is 84.1 Å². The third-order valence-electron chi connectivity index (χ3n) is 2.52. The number of nitrogens with zero attached hydrogens (tertiary/aromatic N) is 4. The minimum atomic E-state index is -0.992. The van der Waals surface area contributed by atoms with Gasteiger partial charge in [0.2, 0.25) is 5.95 Å². The molecule has 0 aromatic carbocycles. The third kappa shape index (κ3) is 2.87. The summed E-state index contributed by atoms with van der Waals surface area (Å²) in [6.45, 7) is 0. The van der Waals surface area contributed by atoms with Crippen LogP contribution in [0.5, 0.6) is 0 Å². The van der Waals surface area contributed by atoms with Gasteiger partial charge in [-0.2, -0.15) is 12.6 Å². The van der Waals surface area contributed by atoms with Crippen LogP contribution in [0.1, 0.15) is 18.1 Å². The fourth-order valence-corrected chi connectivity index (χ4v) is 1.77. The van der Waals surface area contributed by atoms with Gasteiger partial charge in [0.15, 0.2) is 0 Å². The smallest absolute Gasteiger partial charge is 0.234 e. The molecule has 0 aliphatic carbocycles. The molecule has 0 spiro atoms. The molecule has 96 valence electrons. The molecule has 2 aromatic heterocycles. The molecular weight excluding hydrogens is 252 g/mol. The van der Waals surface area contributed by atoms with Crippen LogP contribution in [-0.4, -0.2) is 41.6 Å². The monoisotopic (exact) mass is 266 g/mol. The van der Waals surface area contributed by atoms with Gasteiger partial charge in [-0.3, -0.25) is 4.57 Å². The normalized spacial score (nSPS) is 14.4. The minimum absolute atomic E-state index is 0.410. The van der Waals surface area contributed by atoms with Crippen LogP contribution in [0.2, 0.25) is 0 Å². The van der Waals surface area contributed by atoms with Crippen molar-refractivity contribution in [1.29, 1.82) is 0 Å². The maximum absolute atomic E-state index is 9.86. The zero-order chi connectivity index (χ0) is 13.0. The van der Waals surface area contributed by atoms with E-state index >= 15 is 0 Å². The highest BCUT2D eigenvalue weighted by molar-refractivity contribution is 7.80. The van der Waals surface area contributed by atoms with Crippen LogP contribution in [0, 0.1) is 0 Å². The van der Waals surface area contributed by atoms with E-state index in [-0.39, 0.29) is 0 Å². The summed E-state index contributed by atoms with van der Waals surface area (Å²) in [5, 5.41) is 19.5. The SMILES string of the molecule is OC(CCS)C(O)c1cnc(-n2ccnc2)nc1. The van der Waals surface area contributed by atoms with Crippen molar-refractivity contribution in [2.45, 2.75) is 18.6 Å². The van der Waals surface area contributed by atoms with Crippen LogP contribution in [0.3, 0.4) is 0 Å². The van der Waals surface area contributed by atoms with Crippen LogP contribution in [0.15, 0.2) is 31.1 Å². The van der Waals surface area contributed by atoms with Gasteiger partial charge in [0, 0.05) is 30.4 Å². The van der Waals surface area contributed by atoms with Gasteiger partial charge in [0.1, 0.15) is 12.4 Å². The maximum Gasteiger partial charge on any atom is 0.234 e. The van der Waals surface area contributed by atoms with Crippen molar-refractivity contribution >= 4 is 12.6 Å². The number of imidazole rings is 1. The van der Waals surface area contributed by atoms with E-state index in [2.05, 4.69) is 27.6 Å². The number of aliphatic hydroxyl groups is 2. The molecule has 2 N–H and O–H groups in total. The average molecular weight is 266 g/mol. The second kappa shape index (κ2) is 5.94. The van der Waals surface area contributed by atoms with Gasteiger partial charge in [-0.25, -0.2) is 15.0 Å². The number of aromatic nitrogens is 4. The summed E-state index contributed by atoms with van der Waals surface area (Å²) in [4.78, 5) is 12.1. The minimum Gasteiger partial charge on any atom is -0.390 e. The van der Waals surface area contributed by atoms with Crippen molar-refractivity contribution in [3.05, 3.63) is 36.7 Å². The molecule has 2 heterocycles. The molecule has 0 saturated carbocycles. The quantitative estimate of drug-likeness (QED) is 0.681. The van der Waals surface area contributed by atoms with E-state index in [9.17, 15) is 10.2 Å². The molecule has 7 heteroatoms. The Kier molecular flexibility index (Phi) is 4.29. The maximum atomic E-state index is 9.86. The van der Waals surface area contributed by atoms with Crippen molar-refractivity contribution in [3.63, 3.8) is 0 Å². The molecule has 6 nitrogen and oxygen atoms in total. The van der Waals surface area contributed by atoms with E-state index in [1.54, 1.807) is 23.3 Å². The molecular formula is C11H14N4O2S. The van der Waals surface area contributed by atoms with E-state index in [1.165, 1.54) is 12.4 Å². The lowest BCUT2D eigenvalue weighted by Crippen LogP contribution is -2.19. The van der Waals surface area contributed by atoms with Gasteiger partial charge in [-0.1, -0.05) is 0 Å². The predicted molar refractivity (Wildman–Crippen MR) is 68.6 cm³/mol. The number of hydrogen-bond acceptors (Lipinski definition) is 6. The van der Waals surface area contributed by atoms with E-state index < -0.39 is 12.2 Å². The number of aliphatic hydroxyl groups excluding tert-OH is 2. The fraction of sp³-hybridized carbons (Fsp3) is 0.364. The predicted octanol–water partition coefficient (Wildman–Crippen LogP) is 0.376. The Hall–Kier alpha value is -1.44. The molecule has 0 fully saturated rings. The van der Waals surface area contributed by atoms with Gasteiger partial charge < -0.3 is 10.2 Å². The lowest BCUT2D eigenvalue weighted by Gasteiger charge is -2.16. The van der Waals surface area contributed by atoms with Gasteiger partial charge in [0.05, 0.1) is 6.10 Å². The molecule has 0 aliphatic heterocycles. The zero-order valence-electron chi connectivity index (χ0n) is 9.59. The molecule has 0 radical (unpaired) electrons. The van der Waals surface area contributed by atoms with Crippen LogP contribution >= 0.6 is 12.6 Å². The van der Waals surface area contributed by atoms with Gasteiger partial charge in [-0.05, 0) is 12.2 Å². The molecule has 2 rings (SSSR count). The van der Waals surface area contributed by atoms with Crippen LogP contribution in [-0.2, 0) is 0 Å². The molecule has 2 unspecified atom stereocenters. The Morgan fingerprint density at radius 2 is 2.00 bits per heavy atom. The average Bonchev–Trinajstić information content (AvgIpc) is 2.92. The Morgan fingerprint density at radius 1 is 1.28 bits per heavy atom. The summed E-state index contributed by atoms with van der Waals surface area (Å²) in [6.07, 6.45) is 6.49. The lowest BCUT2D eigenvalue weighted by atomic mass is 10.1. The van der Waals surface area contributed by atoms with Crippen LogP contribution < -0.4 is 0 Å². The molecule has 2 aromatic rings. The fourth-order valence-electron chi connectivity index (χ4n) is 1.51. The van der Waals surface area contributed by atoms with Gasteiger partial charge >= 0.3 is 0 Å². The number of hydrogen-bond donors (Lipinski definition) is 3. The summed E-state index contributed by atoms with van der Waals surface area (Å²) in [7, 11) is 0. The Labute approximate surface area is 110 Å². The summed E-state index contributed by atoms with van der Waals surface area (Å²) < 4.78 is 1.65. The molecule has 0 aliphatic rings. The Bertz CT molecular complexity index is 474. The first-order valence-corrected chi connectivity index (χ1v) is 6.13. The zero-order valence-corrected chi connectivity index (χ0v) is 10.5. The Morgan fingerprint density at radius 3 is 2.56 bits per heavy atom.